The van der Waals surface area contributed by atoms with Gasteiger partial charge in [0.1, 0.15) is 0 Å². The highest BCUT2D eigenvalue weighted by atomic mass is 79.9. The van der Waals surface area contributed by atoms with Crippen molar-refractivity contribution in [2.45, 2.75) is 16.3 Å². The standard InChI is InChI=1S/C20H21BrClN3O3S/c1-25(2)13-5-12-23-19-20(29(26,27)15-10-8-14(21)9-11-15)24-18(28-19)16-6-3-4-7-17(16)22/h3-4,6-11,23H,5,12-13H2,1-2H3. The summed E-state index contributed by atoms with van der Waals surface area (Å²) in [7, 11) is 0.0775. The van der Waals surface area contributed by atoms with Crippen LogP contribution in [0.3, 0.4) is 0 Å². The zero-order valence-electron chi connectivity index (χ0n) is 16.0. The van der Waals surface area contributed by atoms with E-state index in [0.717, 1.165) is 17.4 Å². The van der Waals surface area contributed by atoms with Crippen LogP contribution in [-0.2, 0) is 9.84 Å². The van der Waals surface area contributed by atoms with Gasteiger partial charge in [0.15, 0.2) is 0 Å². The van der Waals surface area contributed by atoms with Crippen molar-refractivity contribution in [1.82, 2.24) is 9.88 Å². The lowest BCUT2D eigenvalue weighted by Crippen LogP contribution is -2.17. The summed E-state index contributed by atoms with van der Waals surface area (Å²) in [5.74, 6) is 0.267. The third-order valence-electron chi connectivity index (χ3n) is 4.15. The Balaban J connectivity index is 2.01. The summed E-state index contributed by atoms with van der Waals surface area (Å²) in [6, 6.07) is 13.4. The lowest BCUT2D eigenvalue weighted by Gasteiger charge is -2.10. The van der Waals surface area contributed by atoms with Crippen LogP contribution in [0.2, 0.25) is 5.02 Å². The maximum Gasteiger partial charge on any atom is 0.233 e. The van der Waals surface area contributed by atoms with E-state index in [0.29, 0.717) is 17.1 Å². The van der Waals surface area contributed by atoms with Crippen molar-refractivity contribution in [3.8, 4) is 11.5 Å². The van der Waals surface area contributed by atoms with Crippen molar-refractivity contribution >= 4 is 43.3 Å². The number of oxazole rings is 1. The zero-order valence-corrected chi connectivity index (χ0v) is 19.2. The van der Waals surface area contributed by atoms with Crippen molar-refractivity contribution < 1.29 is 12.8 Å². The zero-order chi connectivity index (χ0) is 21.0. The van der Waals surface area contributed by atoms with E-state index < -0.39 is 9.84 Å². The number of nitrogens with one attached hydrogen (secondary N) is 1. The van der Waals surface area contributed by atoms with Crippen molar-refractivity contribution in [3.05, 3.63) is 58.0 Å². The van der Waals surface area contributed by atoms with Crippen LogP contribution >= 0.6 is 27.5 Å². The summed E-state index contributed by atoms with van der Waals surface area (Å²) >= 11 is 9.57. The molecule has 0 fully saturated rings. The molecule has 29 heavy (non-hydrogen) atoms. The number of hydrogen-bond acceptors (Lipinski definition) is 6. The maximum atomic E-state index is 13.2. The number of benzene rings is 2. The Morgan fingerprint density at radius 2 is 1.83 bits per heavy atom. The molecule has 0 spiro atoms. The molecule has 0 aliphatic rings. The second-order valence-corrected chi connectivity index (χ2v) is 9.86. The van der Waals surface area contributed by atoms with E-state index in [1.165, 1.54) is 12.1 Å². The number of halogens is 2. The molecule has 0 atom stereocenters. The second kappa shape index (κ2) is 9.30. The van der Waals surface area contributed by atoms with Gasteiger partial charge in [-0.05, 0) is 63.5 Å². The van der Waals surface area contributed by atoms with Gasteiger partial charge in [-0.3, -0.25) is 0 Å². The van der Waals surface area contributed by atoms with Gasteiger partial charge in [-0.25, -0.2) is 8.42 Å². The van der Waals surface area contributed by atoms with E-state index in [2.05, 4.69) is 31.1 Å². The van der Waals surface area contributed by atoms with Gasteiger partial charge >= 0.3 is 0 Å². The molecular formula is C20H21BrClN3O3S. The van der Waals surface area contributed by atoms with Crippen LogP contribution in [-0.4, -0.2) is 45.5 Å². The molecule has 0 amide bonds. The fourth-order valence-corrected chi connectivity index (χ4v) is 4.43. The second-order valence-electron chi connectivity index (χ2n) is 6.67. The average Bonchev–Trinajstić information content (AvgIpc) is 3.10. The first-order valence-corrected chi connectivity index (χ1v) is 11.6. The first kappa shape index (κ1) is 21.8. The molecule has 0 bridgehead atoms. The van der Waals surface area contributed by atoms with Crippen LogP contribution in [0.1, 0.15) is 6.42 Å². The summed E-state index contributed by atoms with van der Waals surface area (Å²) < 4.78 is 33.0. The molecule has 1 N–H and O–H groups in total. The molecule has 0 saturated heterocycles. The summed E-state index contributed by atoms with van der Waals surface area (Å²) in [5, 5.41) is 3.36. The van der Waals surface area contributed by atoms with Gasteiger partial charge < -0.3 is 14.6 Å². The van der Waals surface area contributed by atoms with Crippen LogP contribution in [0, 0.1) is 0 Å². The minimum atomic E-state index is -3.88. The fraction of sp³-hybridized carbons (Fsp3) is 0.250. The van der Waals surface area contributed by atoms with Crippen LogP contribution in [0.25, 0.3) is 11.5 Å². The number of nitrogens with zero attached hydrogens (tertiary/aromatic N) is 2. The van der Waals surface area contributed by atoms with Crippen molar-refractivity contribution in [1.29, 1.82) is 0 Å². The predicted molar refractivity (Wildman–Crippen MR) is 118 cm³/mol. The van der Waals surface area contributed by atoms with Gasteiger partial charge in [-0.1, -0.05) is 39.7 Å². The van der Waals surface area contributed by atoms with Gasteiger partial charge in [0.2, 0.25) is 26.6 Å². The minimum absolute atomic E-state index is 0.113. The predicted octanol–water partition coefficient (Wildman–Crippen LogP) is 4.95. The Kier molecular flexibility index (Phi) is 7.00. The number of anilines is 1. The van der Waals surface area contributed by atoms with E-state index in [1.807, 2.05) is 14.1 Å². The number of sulfone groups is 1. The molecule has 0 unspecified atom stereocenters. The molecular weight excluding hydrogens is 478 g/mol. The number of hydrogen-bond donors (Lipinski definition) is 1. The summed E-state index contributed by atoms with van der Waals surface area (Å²) in [4.78, 5) is 6.49. The molecule has 0 aliphatic heterocycles. The Bertz CT molecular complexity index is 1080. The first-order chi connectivity index (χ1) is 13.8. The van der Waals surface area contributed by atoms with E-state index in [9.17, 15) is 8.42 Å². The highest BCUT2D eigenvalue weighted by Gasteiger charge is 2.29. The lowest BCUT2D eigenvalue weighted by atomic mass is 10.2. The van der Waals surface area contributed by atoms with Gasteiger partial charge in [0, 0.05) is 11.0 Å². The van der Waals surface area contributed by atoms with Crippen LogP contribution < -0.4 is 5.32 Å². The molecule has 0 radical (unpaired) electrons. The smallest absolute Gasteiger partial charge is 0.233 e. The number of aromatic nitrogens is 1. The topological polar surface area (TPSA) is 75.4 Å². The maximum absolute atomic E-state index is 13.2. The summed E-state index contributed by atoms with van der Waals surface area (Å²) in [6.07, 6.45) is 0.812. The van der Waals surface area contributed by atoms with Crippen molar-refractivity contribution in [2.75, 3.05) is 32.5 Å². The Hall–Kier alpha value is -1.87. The van der Waals surface area contributed by atoms with Gasteiger partial charge in [-0.15, -0.1) is 0 Å². The largest absolute Gasteiger partial charge is 0.419 e. The molecule has 1 heterocycles. The molecule has 1 aromatic heterocycles. The Morgan fingerprint density at radius 3 is 2.48 bits per heavy atom. The van der Waals surface area contributed by atoms with Gasteiger partial charge in [0.25, 0.3) is 0 Å². The third-order valence-corrected chi connectivity index (χ3v) is 6.68. The van der Waals surface area contributed by atoms with Crippen LogP contribution in [0.5, 0.6) is 0 Å². The molecule has 154 valence electrons. The first-order valence-electron chi connectivity index (χ1n) is 8.94. The van der Waals surface area contributed by atoms with E-state index in [1.54, 1.807) is 36.4 Å². The van der Waals surface area contributed by atoms with Crippen molar-refractivity contribution in [2.24, 2.45) is 0 Å². The lowest BCUT2D eigenvalue weighted by molar-refractivity contribution is 0.404. The van der Waals surface area contributed by atoms with Crippen LogP contribution in [0.4, 0.5) is 5.88 Å². The van der Waals surface area contributed by atoms with Gasteiger partial charge in [-0.2, -0.15) is 4.98 Å². The van der Waals surface area contributed by atoms with E-state index in [-0.39, 0.29) is 21.7 Å². The molecule has 9 heteroatoms. The minimum Gasteiger partial charge on any atom is -0.419 e. The van der Waals surface area contributed by atoms with Crippen LogP contribution in [0.15, 0.2) is 67.3 Å². The van der Waals surface area contributed by atoms with E-state index >= 15 is 0 Å². The van der Waals surface area contributed by atoms with E-state index in [4.69, 9.17) is 16.0 Å². The molecule has 2 aromatic carbocycles. The molecule has 6 nitrogen and oxygen atoms in total. The highest BCUT2D eigenvalue weighted by molar-refractivity contribution is 9.10. The third kappa shape index (κ3) is 5.19. The SMILES string of the molecule is CN(C)CCCNc1oc(-c2ccccc2Cl)nc1S(=O)(=O)c1ccc(Br)cc1. The summed E-state index contributed by atoms with van der Waals surface area (Å²) in [6.45, 7) is 1.39. The molecule has 0 saturated carbocycles. The molecule has 3 aromatic rings. The molecule has 3 rings (SSSR count). The number of rotatable bonds is 8. The fourth-order valence-electron chi connectivity index (χ4n) is 2.67. The monoisotopic (exact) mass is 497 g/mol. The average molecular weight is 499 g/mol. The Labute approximate surface area is 183 Å². The molecule has 0 aliphatic carbocycles. The van der Waals surface area contributed by atoms with Crippen molar-refractivity contribution in [3.63, 3.8) is 0 Å². The quantitative estimate of drug-likeness (QED) is 0.443. The van der Waals surface area contributed by atoms with Gasteiger partial charge in [0.05, 0.1) is 15.5 Å². The highest BCUT2D eigenvalue weighted by Crippen LogP contribution is 2.35. The summed E-state index contributed by atoms with van der Waals surface area (Å²) in [5.41, 5.74) is 0.530. The normalized spacial score (nSPS) is 11.8. The Morgan fingerprint density at radius 1 is 1.14 bits per heavy atom.